The summed E-state index contributed by atoms with van der Waals surface area (Å²) in [6, 6.07) is 16.0. The average Bonchev–Trinajstić information content (AvgIpc) is 2.64. The highest BCUT2D eigenvalue weighted by Gasteiger charge is 2.20. The van der Waals surface area contributed by atoms with E-state index in [4.69, 9.17) is 5.14 Å². The maximum atomic E-state index is 12.2. The summed E-state index contributed by atoms with van der Waals surface area (Å²) < 4.78 is 22.5. The number of nitrogens with two attached hydrogens (primary N) is 1. The summed E-state index contributed by atoms with van der Waals surface area (Å²) in [6.07, 6.45) is 1.79. The van der Waals surface area contributed by atoms with Crippen LogP contribution in [0.15, 0.2) is 59.5 Å². The third-order valence-corrected chi connectivity index (χ3v) is 5.54. The molecule has 27 heavy (non-hydrogen) atoms. The van der Waals surface area contributed by atoms with Crippen molar-refractivity contribution in [1.29, 1.82) is 0 Å². The molecular formula is C19H24N4O3S. The SMILES string of the molecule is NS(=O)(=O)c1ccc(NC(=O)NC2CCN(Cc3ccccc3)CC2)cc1. The Morgan fingerprint density at radius 3 is 2.26 bits per heavy atom. The van der Waals surface area contributed by atoms with Gasteiger partial charge in [-0.3, -0.25) is 4.90 Å². The smallest absolute Gasteiger partial charge is 0.319 e. The molecule has 2 amide bonds. The molecule has 7 nitrogen and oxygen atoms in total. The van der Waals surface area contributed by atoms with Crippen molar-refractivity contribution in [2.45, 2.75) is 30.3 Å². The number of amides is 2. The van der Waals surface area contributed by atoms with E-state index in [1.807, 2.05) is 18.2 Å². The lowest BCUT2D eigenvalue weighted by Gasteiger charge is -2.32. The minimum atomic E-state index is -3.73. The number of rotatable bonds is 5. The van der Waals surface area contributed by atoms with Gasteiger partial charge in [0.1, 0.15) is 0 Å². The number of sulfonamides is 1. The summed E-state index contributed by atoms with van der Waals surface area (Å²) in [4.78, 5) is 14.6. The number of likely N-dealkylation sites (tertiary alicyclic amines) is 1. The van der Waals surface area contributed by atoms with E-state index in [0.717, 1.165) is 32.5 Å². The van der Waals surface area contributed by atoms with Gasteiger partial charge in [0.2, 0.25) is 10.0 Å². The normalized spacial score (nSPS) is 16.0. The van der Waals surface area contributed by atoms with Crippen LogP contribution in [-0.2, 0) is 16.6 Å². The molecule has 3 rings (SSSR count). The van der Waals surface area contributed by atoms with Crippen molar-refractivity contribution in [2.24, 2.45) is 5.14 Å². The van der Waals surface area contributed by atoms with E-state index in [0.29, 0.717) is 5.69 Å². The number of piperidine rings is 1. The van der Waals surface area contributed by atoms with Crippen molar-refractivity contribution in [3.63, 3.8) is 0 Å². The Hall–Kier alpha value is -2.42. The van der Waals surface area contributed by atoms with Gasteiger partial charge in [-0.2, -0.15) is 0 Å². The number of anilines is 1. The molecule has 2 aromatic rings. The van der Waals surface area contributed by atoms with Crippen LogP contribution in [0.2, 0.25) is 0 Å². The van der Waals surface area contributed by atoms with Gasteiger partial charge in [0.05, 0.1) is 4.90 Å². The summed E-state index contributed by atoms with van der Waals surface area (Å²) in [7, 11) is -3.73. The highest BCUT2D eigenvalue weighted by molar-refractivity contribution is 7.89. The standard InChI is InChI=1S/C19H24N4O3S/c20-27(25,26)18-8-6-16(7-9-18)21-19(24)22-17-10-12-23(13-11-17)14-15-4-2-1-3-5-15/h1-9,17H,10-14H2,(H2,20,25,26)(H2,21,22,24). The van der Waals surface area contributed by atoms with E-state index < -0.39 is 10.0 Å². The summed E-state index contributed by atoms with van der Waals surface area (Å²) >= 11 is 0. The van der Waals surface area contributed by atoms with Crippen LogP contribution in [0.4, 0.5) is 10.5 Å². The molecule has 4 N–H and O–H groups in total. The average molecular weight is 388 g/mol. The molecule has 2 aromatic carbocycles. The summed E-state index contributed by atoms with van der Waals surface area (Å²) in [5.41, 5.74) is 1.81. The van der Waals surface area contributed by atoms with Crippen molar-refractivity contribution in [3.05, 3.63) is 60.2 Å². The maximum Gasteiger partial charge on any atom is 0.319 e. The third-order valence-electron chi connectivity index (χ3n) is 4.61. The van der Waals surface area contributed by atoms with Crippen LogP contribution < -0.4 is 15.8 Å². The lowest BCUT2D eigenvalue weighted by molar-refractivity contribution is 0.190. The van der Waals surface area contributed by atoms with Crippen LogP contribution >= 0.6 is 0 Å². The van der Waals surface area contributed by atoms with Crippen LogP contribution in [0.25, 0.3) is 0 Å². The molecule has 1 fully saturated rings. The fraction of sp³-hybridized carbons (Fsp3) is 0.316. The highest BCUT2D eigenvalue weighted by atomic mass is 32.2. The van der Waals surface area contributed by atoms with Gasteiger partial charge in [0, 0.05) is 31.4 Å². The Bertz CT molecular complexity index is 862. The summed E-state index contributed by atoms with van der Waals surface area (Å²) in [5, 5.41) is 10.8. The third kappa shape index (κ3) is 5.78. The van der Waals surface area contributed by atoms with Crippen LogP contribution in [0.3, 0.4) is 0 Å². The number of nitrogens with zero attached hydrogens (tertiary/aromatic N) is 1. The molecule has 0 aromatic heterocycles. The largest absolute Gasteiger partial charge is 0.335 e. The molecule has 0 atom stereocenters. The minimum absolute atomic E-state index is 0.0132. The fourth-order valence-corrected chi connectivity index (χ4v) is 3.67. The Morgan fingerprint density at radius 1 is 1.04 bits per heavy atom. The number of carbonyl (C=O) groups is 1. The van der Waals surface area contributed by atoms with E-state index in [-0.39, 0.29) is 17.0 Å². The van der Waals surface area contributed by atoms with Crippen LogP contribution in [0.5, 0.6) is 0 Å². The molecule has 0 unspecified atom stereocenters. The molecule has 1 aliphatic rings. The second-order valence-corrected chi connectivity index (χ2v) is 8.27. The topological polar surface area (TPSA) is 105 Å². The number of hydrogen-bond acceptors (Lipinski definition) is 4. The molecule has 0 saturated carbocycles. The predicted molar refractivity (Wildman–Crippen MR) is 105 cm³/mol. The molecule has 0 radical (unpaired) electrons. The first-order valence-corrected chi connectivity index (χ1v) is 10.4. The van der Waals surface area contributed by atoms with Gasteiger partial charge >= 0.3 is 6.03 Å². The number of primary sulfonamides is 1. The van der Waals surface area contributed by atoms with Gasteiger partial charge in [-0.1, -0.05) is 30.3 Å². The number of urea groups is 1. The second kappa shape index (κ2) is 8.51. The van der Waals surface area contributed by atoms with Gasteiger partial charge < -0.3 is 10.6 Å². The molecule has 144 valence electrons. The molecule has 0 aliphatic carbocycles. The van der Waals surface area contributed by atoms with Crippen molar-refractivity contribution in [1.82, 2.24) is 10.2 Å². The Morgan fingerprint density at radius 2 is 1.67 bits per heavy atom. The Balaban J connectivity index is 1.44. The molecule has 0 bridgehead atoms. The van der Waals surface area contributed by atoms with E-state index in [2.05, 4.69) is 27.7 Å². The Labute approximate surface area is 159 Å². The van der Waals surface area contributed by atoms with Crippen molar-refractivity contribution < 1.29 is 13.2 Å². The molecule has 1 saturated heterocycles. The first-order chi connectivity index (χ1) is 12.9. The zero-order valence-corrected chi connectivity index (χ0v) is 15.8. The lowest BCUT2D eigenvalue weighted by Crippen LogP contribution is -2.45. The van der Waals surface area contributed by atoms with E-state index in [1.54, 1.807) is 0 Å². The van der Waals surface area contributed by atoms with E-state index in [1.165, 1.54) is 29.8 Å². The molecule has 1 heterocycles. The Kier molecular flexibility index (Phi) is 6.10. The summed E-state index contributed by atoms with van der Waals surface area (Å²) in [6.45, 7) is 2.79. The quantitative estimate of drug-likeness (QED) is 0.730. The van der Waals surface area contributed by atoms with Crippen LogP contribution in [0, 0.1) is 0 Å². The van der Waals surface area contributed by atoms with Gasteiger partial charge in [-0.15, -0.1) is 0 Å². The lowest BCUT2D eigenvalue weighted by atomic mass is 10.0. The maximum absolute atomic E-state index is 12.2. The first-order valence-electron chi connectivity index (χ1n) is 8.87. The minimum Gasteiger partial charge on any atom is -0.335 e. The molecule has 8 heteroatoms. The number of hydrogen-bond donors (Lipinski definition) is 3. The van der Waals surface area contributed by atoms with E-state index in [9.17, 15) is 13.2 Å². The molecular weight excluding hydrogens is 364 g/mol. The van der Waals surface area contributed by atoms with Gasteiger partial charge in [-0.05, 0) is 42.7 Å². The molecule has 1 aliphatic heterocycles. The first kappa shape index (κ1) is 19.3. The summed E-state index contributed by atoms with van der Waals surface area (Å²) in [5.74, 6) is 0. The fourth-order valence-electron chi connectivity index (χ4n) is 3.16. The van der Waals surface area contributed by atoms with Crippen molar-refractivity contribution >= 4 is 21.7 Å². The second-order valence-electron chi connectivity index (χ2n) is 6.70. The zero-order chi connectivity index (χ0) is 19.3. The van der Waals surface area contributed by atoms with E-state index >= 15 is 0 Å². The van der Waals surface area contributed by atoms with Crippen LogP contribution in [-0.4, -0.2) is 38.5 Å². The number of carbonyl (C=O) groups excluding carboxylic acids is 1. The highest BCUT2D eigenvalue weighted by Crippen LogP contribution is 2.15. The zero-order valence-electron chi connectivity index (χ0n) is 15.0. The monoisotopic (exact) mass is 388 g/mol. The number of benzene rings is 2. The van der Waals surface area contributed by atoms with Crippen LogP contribution in [0.1, 0.15) is 18.4 Å². The van der Waals surface area contributed by atoms with Gasteiger partial charge in [0.25, 0.3) is 0 Å². The molecule has 0 spiro atoms. The van der Waals surface area contributed by atoms with Crippen molar-refractivity contribution in [3.8, 4) is 0 Å². The number of nitrogens with one attached hydrogen (secondary N) is 2. The van der Waals surface area contributed by atoms with Crippen molar-refractivity contribution in [2.75, 3.05) is 18.4 Å². The van der Waals surface area contributed by atoms with Gasteiger partial charge in [0.15, 0.2) is 0 Å². The predicted octanol–water partition coefficient (Wildman–Crippen LogP) is 2.12. The van der Waals surface area contributed by atoms with Gasteiger partial charge in [-0.25, -0.2) is 18.4 Å².